The highest BCUT2D eigenvalue weighted by Crippen LogP contribution is 2.24. The first kappa shape index (κ1) is 89.9. The topological polar surface area (TPSA) is 175 Å². The summed E-state index contributed by atoms with van der Waals surface area (Å²) < 4.78 is 16.8. The number of esters is 1. The average Bonchev–Trinajstić information content (AvgIpc) is 0.844. The van der Waals surface area contributed by atoms with Crippen LogP contribution in [-0.4, -0.2) is 100 Å². The number of amides is 1. The molecule has 1 amide bonds. The number of hydrogen-bond donors (Lipinski definition) is 6. The number of hydrogen-bond acceptors (Lipinski definition) is 10. The molecule has 554 valence electrons. The van der Waals surface area contributed by atoms with Crippen LogP contribution in [0.1, 0.15) is 418 Å². The van der Waals surface area contributed by atoms with Crippen LogP contribution in [0.2, 0.25) is 0 Å². The van der Waals surface area contributed by atoms with Gasteiger partial charge in [-0.1, -0.05) is 378 Å². The molecule has 0 radical (unpaired) electrons. The Labute approximate surface area is 581 Å². The van der Waals surface area contributed by atoms with Crippen LogP contribution in [0.15, 0.2) is 36.5 Å². The van der Waals surface area contributed by atoms with Crippen LogP contribution in [0.5, 0.6) is 0 Å². The zero-order valence-electron chi connectivity index (χ0n) is 62.0. The lowest BCUT2D eigenvalue weighted by atomic mass is 9.99. The number of allylic oxidation sites excluding steroid dienone is 5. The molecule has 0 aliphatic carbocycles. The first-order valence-electron chi connectivity index (χ1n) is 41.3. The maximum absolute atomic E-state index is 13.1. The highest BCUT2D eigenvalue weighted by atomic mass is 16.7. The van der Waals surface area contributed by atoms with Crippen LogP contribution in [0, 0.1) is 0 Å². The van der Waals surface area contributed by atoms with E-state index >= 15 is 0 Å². The third-order valence-corrected chi connectivity index (χ3v) is 19.7. The lowest BCUT2D eigenvalue weighted by Crippen LogP contribution is -2.60. The van der Waals surface area contributed by atoms with Crippen molar-refractivity contribution < 1.29 is 49.3 Å². The van der Waals surface area contributed by atoms with Crippen molar-refractivity contribution in [1.82, 2.24) is 5.32 Å². The lowest BCUT2D eigenvalue weighted by Gasteiger charge is -2.40. The fourth-order valence-corrected chi connectivity index (χ4v) is 13.3. The van der Waals surface area contributed by atoms with E-state index in [9.17, 15) is 35.1 Å². The van der Waals surface area contributed by atoms with Crippen molar-refractivity contribution in [3.63, 3.8) is 0 Å². The minimum absolute atomic E-state index is 0.0176. The van der Waals surface area contributed by atoms with Gasteiger partial charge in [0, 0.05) is 12.8 Å². The van der Waals surface area contributed by atoms with E-state index in [-0.39, 0.29) is 18.5 Å². The van der Waals surface area contributed by atoms with Crippen molar-refractivity contribution in [2.75, 3.05) is 19.8 Å². The molecule has 0 saturated carbocycles. The van der Waals surface area contributed by atoms with Gasteiger partial charge in [-0.2, -0.15) is 0 Å². The van der Waals surface area contributed by atoms with Gasteiger partial charge in [-0.3, -0.25) is 9.59 Å². The van der Waals surface area contributed by atoms with E-state index in [1.54, 1.807) is 6.08 Å². The molecule has 7 unspecified atom stereocenters. The zero-order valence-corrected chi connectivity index (χ0v) is 62.0. The van der Waals surface area contributed by atoms with Crippen molar-refractivity contribution in [2.45, 2.75) is 461 Å². The fourth-order valence-electron chi connectivity index (χ4n) is 13.3. The maximum atomic E-state index is 13.1. The van der Waals surface area contributed by atoms with Gasteiger partial charge < -0.3 is 45.1 Å². The highest BCUT2D eigenvalue weighted by Gasteiger charge is 2.44. The second-order valence-corrected chi connectivity index (χ2v) is 28.8. The molecule has 1 fully saturated rings. The van der Waals surface area contributed by atoms with Gasteiger partial charge in [0.15, 0.2) is 6.29 Å². The predicted molar refractivity (Wildman–Crippen MR) is 398 cm³/mol. The lowest BCUT2D eigenvalue weighted by molar-refractivity contribution is -0.302. The van der Waals surface area contributed by atoms with E-state index in [0.29, 0.717) is 19.4 Å². The summed E-state index contributed by atoms with van der Waals surface area (Å²) in [6.07, 6.45) is 84.7. The molecule has 0 spiro atoms. The third kappa shape index (κ3) is 59.9. The van der Waals surface area contributed by atoms with Gasteiger partial charge in [-0.25, -0.2) is 0 Å². The molecule has 1 saturated heterocycles. The van der Waals surface area contributed by atoms with E-state index in [2.05, 4.69) is 43.5 Å². The zero-order chi connectivity index (χ0) is 67.9. The van der Waals surface area contributed by atoms with E-state index in [0.717, 1.165) is 57.8 Å². The summed E-state index contributed by atoms with van der Waals surface area (Å²) in [6.45, 7) is 4.40. The second kappa shape index (κ2) is 72.1. The van der Waals surface area contributed by atoms with Crippen LogP contribution in [0.25, 0.3) is 0 Å². The summed E-state index contributed by atoms with van der Waals surface area (Å²) >= 11 is 0. The van der Waals surface area contributed by atoms with Gasteiger partial charge in [-0.05, 0) is 64.2 Å². The van der Waals surface area contributed by atoms with Gasteiger partial charge in [0.05, 0.1) is 32.0 Å². The number of carbonyl (C=O) groups is 2. The van der Waals surface area contributed by atoms with Crippen LogP contribution < -0.4 is 5.32 Å². The summed E-state index contributed by atoms with van der Waals surface area (Å²) in [5.41, 5.74) is 0. The van der Waals surface area contributed by atoms with Crippen LogP contribution in [0.3, 0.4) is 0 Å². The van der Waals surface area contributed by atoms with Crippen molar-refractivity contribution in [2.24, 2.45) is 0 Å². The van der Waals surface area contributed by atoms with E-state index in [1.807, 2.05) is 6.08 Å². The highest BCUT2D eigenvalue weighted by molar-refractivity contribution is 5.76. The summed E-state index contributed by atoms with van der Waals surface area (Å²) in [7, 11) is 0. The summed E-state index contributed by atoms with van der Waals surface area (Å²) in [4.78, 5) is 25.2. The molecule has 6 N–H and O–H groups in total. The Hall–Kier alpha value is -2.12. The van der Waals surface area contributed by atoms with E-state index < -0.39 is 49.5 Å². The maximum Gasteiger partial charge on any atom is 0.305 e. The van der Waals surface area contributed by atoms with Gasteiger partial charge in [0.25, 0.3) is 0 Å². The molecule has 0 aromatic heterocycles. The first-order valence-corrected chi connectivity index (χ1v) is 41.3. The number of aliphatic hydroxyl groups is 5. The fraction of sp³-hybridized carbons (Fsp3) is 0.904. The monoisotopic (exact) mass is 1330 g/mol. The van der Waals surface area contributed by atoms with Gasteiger partial charge >= 0.3 is 5.97 Å². The van der Waals surface area contributed by atoms with Crippen molar-refractivity contribution >= 4 is 11.9 Å². The summed E-state index contributed by atoms with van der Waals surface area (Å²) in [5.74, 6) is -0.158. The van der Waals surface area contributed by atoms with E-state index in [4.69, 9.17) is 14.2 Å². The molecule has 1 rings (SSSR count). The average molecular weight is 1330 g/mol. The normalized spacial score (nSPS) is 17.5. The summed E-state index contributed by atoms with van der Waals surface area (Å²) in [5, 5.41) is 54.6. The molecule has 1 aliphatic rings. The Morgan fingerprint density at radius 1 is 0.394 bits per heavy atom. The molecule has 11 heteroatoms. The van der Waals surface area contributed by atoms with E-state index in [1.165, 1.54) is 334 Å². The third-order valence-electron chi connectivity index (χ3n) is 19.7. The van der Waals surface area contributed by atoms with Crippen LogP contribution in [0.4, 0.5) is 0 Å². The standard InChI is InChI=1S/C83H157NO10/c1-3-5-7-9-11-13-15-17-47-51-55-59-63-67-71-79(88)92-72-68-64-60-56-52-48-44-42-40-38-36-34-32-30-28-26-24-22-20-18-19-21-23-25-27-29-31-33-35-37-39-41-43-46-50-54-58-62-66-70-78(87)84-75(74-93-83-82(91)81(90)80(89)77(73-85)94-83)76(86)69-65-61-57-53-49-45-16-14-12-10-8-6-4-2/h18-19,22,24,65,69,75-77,80-83,85-86,89-91H,3-17,20-21,23,25-64,66-68,70-74H2,1-2H3,(H,84,87)/b19-18-,24-22-,69-65+. The number of carbonyl (C=O) groups excluding carboxylic acids is 2. The Balaban J connectivity index is 1.90. The Morgan fingerprint density at radius 3 is 1.07 bits per heavy atom. The number of nitrogens with one attached hydrogen (secondary N) is 1. The summed E-state index contributed by atoms with van der Waals surface area (Å²) in [6, 6.07) is -0.808. The number of unbranched alkanes of at least 4 members (excludes halogenated alkanes) is 56. The number of aliphatic hydroxyl groups excluding tert-OH is 5. The molecule has 11 nitrogen and oxygen atoms in total. The minimum Gasteiger partial charge on any atom is -0.466 e. The smallest absolute Gasteiger partial charge is 0.305 e. The van der Waals surface area contributed by atoms with Crippen LogP contribution >= 0.6 is 0 Å². The number of rotatable bonds is 74. The number of ether oxygens (including phenoxy) is 3. The second-order valence-electron chi connectivity index (χ2n) is 28.8. The van der Waals surface area contributed by atoms with Crippen molar-refractivity contribution in [3.8, 4) is 0 Å². The minimum atomic E-state index is -1.57. The predicted octanol–water partition coefficient (Wildman–Crippen LogP) is 22.5. The molecule has 1 heterocycles. The van der Waals surface area contributed by atoms with Crippen molar-refractivity contribution in [3.05, 3.63) is 36.5 Å². The molecule has 94 heavy (non-hydrogen) atoms. The van der Waals surface area contributed by atoms with Crippen molar-refractivity contribution in [1.29, 1.82) is 0 Å². The van der Waals surface area contributed by atoms with Gasteiger partial charge in [0.1, 0.15) is 24.4 Å². The van der Waals surface area contributed by atoms with Gasteiger partial charge in [-0.15, -0.1) is 0 Å². The largest absolute Gasteiger partial charge is 0.466 e. The van der Waals surface area contributed by atoms with Crippen LogP contribution in [-0.2, 0) is 23.8 Å². The Bertz CT molecular complexity index is 1660. The molecule has 0 aromatic carbocycles. The first-order chi connectivity index (χ1) is 46.2. The molecule has 0 bridgehead atoms. The quantitative estimate of drug-likeness (QED) is 0.0195. The molecular formula is C83H157NO10. The Kier molecular flexibility index (Phi) is 69.0. The molecular weight excluding hydrogens is 1170 g/mol. The van der Waals surface area contributed by atoms with Gasteiger partial charge in [0.2, 0.25) is 5.91 Å². The molecule has 0 aromatic rings. The molecule has 1 aliphatic heterocycles. The molecule has 7 atom stereocenters. The SMILES string of the molecule is CCCCCCCCCCCCC/C=C/C(O)C(COC1OC(CO)C(O)C(O)C1O)NC(=O)CCCCCCCCCCCCCCCCCCC/C=C\C/C=C\CCCCCCCCCCCCCCCCCOC(=O)CCCCCCCCCCCCCCCC. The Morgan fingerprint density at radius 2 is 0.713 bits per heavy atom.